The average Bonchev–Trinajstić information content (AvgIpc) is 2.44. The highest BCUT2D eigenvalue weighted by atomic mass is 35.5. The standard InChI is InChI=1S/C14H20ClN3O3/c1-18(2)14(20)9-17-13(19)6-7-16-11-8-10(15)4-5-12(11)21-3/h4-5,8,16H,6-7,9H2,1-3H3,(H,17,19). The number of hydrogen-bond donors (Lipinski definition) is 2. The van der Waals surface area contributed by atoms with Crippen molar-refractivity contribution in [2.45, 2.75) is 6.42 Å². The maximum atomic E-state index is 11.6. The lowest BCUT2D eigenvalue weighted by molar-refractivity contribution is -0.130. The Kier molecular flexibility index (Phi) is 6.81. The van der Waals surface area contributed by atoms with Crippen molar-refractivity contribution in [3.05, 3.63) is 23.2 Å². The molecule has 0 spiro atoms. The molecule has 1 aromatic rings. The molecule has 0 atom stereocenters. The van der Waals surface area contributed by atoms with E-state index in [2.05, 4.69) is 10.6 Å². The van der Waals surface area contributed by atoms with Crippen molar-refractivity contribution >= 4 is 29.1 Å². The summed E-state index contributed by atoms with van der Waals surface area (Å²) < 4.78 is 5.19. The number of methoxy groups -OCH3 is 1. The van der Waals surface area contributed by atoms with E-state index in [0.717, 1.165) is 5.69 Å². The van der Waals surface area contributed by atoms with Crippen molar-refractivity contribution < 1.29 is 14.3 Å². The Morgan fingerprint density at radius 2 is 2.05 bits per heavy atom. The highest BCUT2D eigenvalue weighted by Gasteiger charge is 2.08. The summed E-state index contributed by atoms with van der Waals surface area (Å²) in [4.78, 5) is 24.4. The van der Waals surface area contributed by atoms with Gasteiger partial charge in [-0.3, -0.25) is 9.59 Å². The minimum Gasteiger partial charge on any atom is -0.495 e. The van der Waals surface area contributed by atoms with Crippen LogP contribution in [-0.4, -0.2) is 51.0 Å². The number of anilines is 1. The van der Waals surface area contributed by atoms with E-state index in [1.807, 2.05) is 0 Å². The summed E-state index contributed by atoms with van der Waals surface area (Å²) in [5.41, 5.74) is 0.724. The molecule has 0 aliphatic carbocycles. The fraction of sp³-hybridized carbons (Fsp3) is 0.429. The monoisotopic (exact) mass is 313 g/mol. The minimum absolute atomic E-state index is 0.00627. The molecule has 116 valence electrons. The normalized spacial score (nSPS) is 9.90. The molecule has 0 unspecified atom stereocenters. The molecule has 0 saturated heterocycles. The first-order chi connectivity index (χ1) is 9.93. The summed E-state index contributed by atoms with van der Waals surface area (Å²) in [5.74, 6) is 0.314. The summed E-state index contributed by atoms with van der Waals surface area (Å²) in [5, 5.41) is 6.23. The number of halogens is 1. The predicted octanol–water partition coefficient (Wildman–Crippen LogP) is 1.35. The lowest BCUT2D eigenvalue weighted by atomic mass is 10.2. The van der Waals surface area contributed by atoms with E-state index in [-0.39, 0.29) is 24.8 Å². The number of nitrogens with one attached hydrogen (secondary N) is 2. The predicted molar refractivity (Wildman–Crippen MR) is 82.8 cm³/mol. The van der Waals surface area contributed by atoms with Gasteiger partial charge in [0.25, 0.3) is 0 Å². The highest BCUT2D eigenvalue weighted by Crippen LogP contribution is 2.27. The third-order valence-corrected chi connectivity index (χ3v) is 3.00. The van der Waals surface area contributed by atoms with Crippen LogP contribution in [0.5, 0.6) is 5.75 Å². The van der Waals surface area contributed by atoms with Crippen LogP contribution in [0.25, 0.3) is 0 Å². The molecule has 1 aromatic carbocycles. The van der Waals surface area contributed by atoms with Crippen LogP contribution in [0.3, 0.4) is 0 Å². The molecule has 0 saturated carbocycles. The van der Waals surface area contributed by atoms with Crippen LogP contribution in [-0.2, 0) is 9.59 Å². The minimum atomic E-state index is -0.196. The van der Waals surface area contributed by atoms with Gasteiger partial charge in [-0.05, 0) is 18.2 Å². The highest BCUT2D eigenvalue weighted by molar-refractivity contribution is 6.30. The molecule has 2 N–H and O–H groups in total. The summed E-state index contributed by atoms with van der Waals surface area (Å²) in [7, 11) is 4.84. The molecule has 0 aliphatic heterocycles. The molecular formula is C14H20ClN3O3. The van der Waals surface area contributed by atoms with E-state index in [9.17, 15) is 9.59 Å². The van der Waals surface area contributed by atoms with Crippen LogP contribution in [0.4, 0.5) is 5.69 Å². The largest absolute Gasteiger partial charge is 0.495 e. The third-order valence-electron chi connectivity index (χ3n) is 2.76. The number of likely N-dealkylation sites (N-methyl/N-ethyl adjacent to an activating group) is 1. The smallest absolute Gasteiger partial charge is 0.241 e. The van der Waals surface area contributed by atoms with Crippen molar-refractivity contribution in [3.8, 4) is 5.75 Å². The lowest BCUT2D eigenvalue weighted by Gasteiger charge is -2.12. The van der Waals surface area contributed by atoms with Gasteiger partial charge in [-0.2, -0.15) is 0 Å². The molecule has 0 bridgehead atoms. The topological polar surface area (TPSA) is 70.7 Å². The number of ether oxygens (including phenoxy) is 1. The van der Waals surface area contributed by atoms with Crippen LogP contribution in [0.1, 0.15) is 6.42 Å². The fourth-order valence-electron chi connectivity index (χ4n) is 1.55. The first-order valence-electron chi connectivity index (χ1n) is 6.48. The summed E-state index contributed by atoms with van der Waals surface area (Å²) in [6.07, 6.45) is 0.246. The Hall–Kier alpha value is -1.95. The molecule has 0 fully saturated rings. The van der Waals surface area contributed by atoms with E-state index in [1.165, 1.54) is 4.90 Å². The fourth-order valence-corrected chi connectivity index (χ4v) is 1.72. The molecular weight excluding hydrogens is 294 g/mol. The summed E-state index contributed by atoms with van der Waals surface area (Å²) >= 11 is 5.91. The quantitative estimate of drug-likeness (QED) is 0.797. The number of carbonyl (C=O) groups is 2. The molecule has 6 nitrogen and oxygen atoms in total. The average molecular weight is 314 g/mol. The van der Waals surface area contributed by atoms with Gasteiger partial charge in [0.05, 0.1) is 19.3 Å². The van der Waals surface area contributed by atoms with Crippen LogP contribution in [0.15, 0.2) is 18.2 Å². The molecule has 21 heavy (non-hydrogen) atoms. The van der Waals surface area contributed by atoms with Crippen LogP contribution >= 0.6 is 11.6 Å². The van der Waals surface area contributed by atoms with Crippen molar-refractivity contribution in [2.24, 2.45) is 0 Å². The molecule has 0 aromatic heterocycles. The molecule has 0 aliphatic rings. The Morgan fingerprint density at radius 1 is 1.33 bits per heavy atom. The Labute approximate surface area is 129 Å². The van der Waals surface area contributed by atoms with Gasteiger partial charge in [-0.25, -0.2) is 0 Å². The van der Waals surface area contributed by atoms with E-state index < -0.39 is 0 Å². The zero-order valence-electron chi connectivity index (χ0n) is 12.4. The van der Waals surface area contributed by atoms with Gasteiger partial charge >= 0.3 is 0 Å². The maximum absolute atomic E-state index is 11.6. The van der Waals surface area contributed by atoms with Crippen LogP contribution < -0.4 is 15.4 Å². The van der Waals surface area contributed by atoms with E-state index >= 15 is 0 Å². The molecule has 1 rings (SSSR count). The molecule has 0 heterocycles. The van der Waals surface area contributed by atoms with Crippen molar-refractivity contribution in [1.29, 1.82) is 0 Å². The first-order valence-corrected chi connectivity index (χ1v) is 6.86. The van der Waals surface area contributed by atoms with Gasteiger partial charge in [-0.1, -0.05) is 11.6 Å². The van der Waals surface area contributed by atoms with E-state index in [0.29, 0.717) is 17.3 Å². The SMILES string of the molecule is COc1ccc(Cl)cc1NCCC(=O)NCC(=O)N(C)C. The van der Waals surface area contributed by atoms with Gasteiger partial charge in [0, 0.05) is 32.1 Å². The number of nitrogens with zero attached hydrogens (tertiary/aromatic N) is 1. The summed E-state index contributed by atoms with van der Waals surface area (Å²) in [6.45, 7) is 0.422. The van der Waals surface area contributed by atoms with Gasteiger partial charge in [0.1, 0.15) is 5.75 Å². The van der Waals surface area contributed by atoms with E-state index in [4.69, 9.17) is 16.3 Å². The Morgan fingerprint density at radius 3 is 2.67 bits per heavy atom. The van der Waals surface area contributed by atoms with Gasteiger partial charge < -0.3 is 20.3 Å². The maximum Gasteiger partial charge on any atom is 0.241 e. The molecule has 2 amide bonds. The second-order valence-electron chi connectivity index (χ2n) is 4.59. The zero-order chi connectivity index (χ0) is 15.8. The van der Waals surface area contributed by atoms with Crippen molar-refractivity contribution in [3.63, 3.8) is 0 Å². The number of carbonyl (C=O) groups excluding carboxylic acids is 2. The lowest BCUT2D eigenvalue weighted by Crippen LogP contribution is -2.36. The first kappa shape index (κ1) is 17.1. The Bertz CT molecular complexity index is 506. The summed E-state index contributed by atoms with van der Waals surface area (Å²) in [6, 6.07) is 5.21. The second-order valence-corrected chi connectivity index (χ2v) is 5.02. The third kappa shape index (κ3) is 5.91. The van der Waals surface area contributed by atoms with Gasteiger partial charge in [0.15, 0.2) is 0 Å². The van der Waals surface area contributed by atoms with Crippen molar-refractivity contribution in [2.75, 3.05) is 39.6 Å². The van der Waals surface area contributed by atoms with Crippen molar-refractivity contribution in [1.82, 2.24) is 10.2 Å². The molecule has 0 radical (unpaired) electrons. The number of benzene rings is 1. The van der Waals surface area contributed by atoms with E-state index in [1.54, 1.807) is 39.4 Å². The van der Waals surface area contributed by atoms with Crippen LogP contribution in [0, 0.1) is 0 Å². The number of hydrogen-bond acceptors (Lipinski definition) is 4. The number of amides is 2. The Balaban J connectivity index is 2.38. The van der Waals surface area contributed by atoms with Gasteiger partial charge in [-0.15, -0.1) is 0 Å². The zero-order valence-corrected chi connectivity index (χ0v) is 13.2. The number of rotatable bonds is 7. The molecule has 7 heteroatoms. The second kappa shape index (κ2) is 8.36. The van der Waals surface area contributed by atoms with Crippen LogP contribution in [0.2, 0.25) is 5.02 Å². The van der Waals surface area contributed by atoms with Gasteiger partial charge in [0.2, 0.25) is 11.8 Å².